The van der Waals surface area contributed by atoms with Crippen LogP contribution >= 0.6 is 107 Å². The van der Waals surface area contributed by atoms with Crippen molar-refractivity contribution in [3.63, 3.8) is 0 Å². The molecule has 2 N–H and O–H groups in total. The van der Waals surface area contributed by atoms with Gasteiger partial charge in [-0.3, -0.25) is 0 Å². The minimum atomic E-state index is -1.04. The van der Waals surface area contributed by atoms with E-state index in [1.807, 2.05) is 36.4 Å². The molecule has 0 atom stereocenters. The van der Waals surface area contributed by atoms with Gasteiger partial charge < -0.3 is 88.2 Å². The van der Waals surface area contributed by atoms with E-state index in [1.165, 1.54) is 37.6 Å². The van der Waals surface area contributed by atoms with Crippen LogP contribution in [0.5, 0.6) is 23.0 Å². The number of carboxylic acid groups (broad SMARTS) is 2. The molecule has 5 aromatic carbocycles. The molecule has 0 unspecified atom stereocenters. The Balaban J connectivity index is 0.00000229. The van der Waals surface area contributed by atoms with Crippen molar-refractivity contribution in [1.82, 2.24) is 0 Å². The molecule has 0 aliphatic carbocycles. The Bertz CT molecular complexity index is 3320. The van der Waals surface area contributed by atoms with Crippen molar-refractivity contribution in [2.75, 3.05) is 172 Å². The molecule has 0 aromatic heterocycles. The number of fused-ring (bicyclic) bond motifs is 40. The molecular weight excluding hydrogens is 1680 g/mol. The van der Waals surface area contributed by atoms with Crippen LogP contribution < -0.4 is 18.9 Å². The summed E-state index contributed by atoms with van der Waals surface area (Å²) in [6.45, 7) is 14.9. The van der Waals surface area contributed by atoms with Crippen molar-refractivity contribution in [3.8, 4) is 46.7 Å². The van der Waals surface area contributed by atoms with Crippen LogP contribution in [0.1, 0.15) is 49.9 Å². The van der Waals surface area contributed by atoms with E-state index in [4.69, 9.17) is 71.1 Å². The number of aromatic carboxylic acids is 2. The van der Waals surface area contributed by atoms with Crippen molar-refractivity contribution in [2.45, 2.75) is 6.92 Å². The van der Waals surface area contributed by atoms with E-state index < -0.39 is 11.9 Å². The van der Waals surface area contributed by atoms with Gasteiger partial charge in [-0.25, -0.2) is 9.59 Å². The summed E-state index contributed by atoms with van der Waals surface area (Å²) in [7, 11) is 0. The van der Waals surface area contributed by atoms with Crippen LogP contribution in [0.4, 0.5) is 0 Å². The predicted octanol–water partition coefficient (Wildman–Crippen LogP) is 13.7. The molecule has 0 fully saturated rings. The first kappa shape index (κ1) is 80.5. The third-order valence-corrected chi connectivity index (χ3v) is 17.8. The number of carbonyl (C=O) groups is 2. The van der Waals surface area contributed by atoms with Crippen LogP contribution in [0.15, 0.2) is 126 Å². The monoisotopic (exact) mass is 1760 g/mol. The zero-order valence-corrected chi connectivity index (χ0v) is 63.7. The Morgan fingerprint density at radius 1 is 0.389 bits per heavy atom. The molecule has 0 saturated carbocycles. The number of benzene rings is 5. The quantitative estimate of drug-likeness (QED) is 0.0728. The van der Waals surface area contributed by atoms with Gasteiger partial charge in [0.05, 0.1) is 176 Å². The Labute approximate surface area is 611 Å². The summed E-state index contributed by atoms with van der Waals surface area (Å²) in [4.78, 5) is 25.1. The number of halogens is 3. The summed E-state index contributed by atoms with van der Waals surface area (Å²) in [6, 6.07) is 27.7. The normalized spacial score (nSPS) is 18.3. The zero-order chi connectivity index (χ0) is 67.3. The first-order valence-corrected chi connectivity index (χ1v) is 47.1. The van der Waals surface area contributed by atoms with Crippen LogP contribution in [0.2, 0.25) is 0 Å². The molecule has 0 radical (unpaired) electrons. The molecule has 4 aliphatic heterocycles. The molecule has 514 valence electrons. The van der Waals surface area contributed by atoms with Crippen molar-refractivity contribution in [1.29, 1.82) is 0 Å². The fourth-order valence-electron chi connectivity index (χ4n) is 8.10. The van der Waals surface area contributed by atoms with E-state index in [1.54, 1.807) is 90.4 Å². The first-order valence-electron chi connectivity index (χ1n) is 30.2. The maximum absolute atomic E-state index is 11.5. The first-order chi connectivity index (χ1) is 46.6. The van der Waals surface area contributed by atoms with Crippen LogP contribution in [-0.2, 0) is 57.0 Å². The van der Waals surface area contributed by atoms with Gasteiger partial charge in [0.25, 0.3) is 0 Å². The standard InChI is InChI=1S/C66H72O19S4.C2H5.3HI.V/c67-63(68)51-13-7-49(8-14-51)11-17-53-44-62-54(18-12-50-9-15-52(16-10-50)64(69)70)43-61(53)84-41-37-78-29-25-72-20-22-75-32-34-81-46-56-48-87-66(89-56)65-86-47-55(88-65)45-80-33-31-74-21-19-71-23-27-76-35-39-82-59-5-1-4-58-57(59)3-2-6-60(58)83-40-36-77-28-24-73-26-30-79-38-42-85-62;1-2;;;;/h1-10,13-16,43-44,47-48H,19-42,45-46H2,(H,67,68)(H,69,70);1H2,2H3;3*1H;/q;-1;;;;+3/p-3/b66-65+;;;;;. The van der Waals surface area contributed by atoms with Gasteiger partial charge in [0.1, 0.15) is 49.4 Å². The van der Waals surface area contributed by atoms with Crippen LogP contribution in [0.25, 0.3) is 10.8 Å². The van der Waals surface area contributed by atoms with E-state index in [-0.39, 0.29) is 42.5 Å². The molecule has 27 heteroatoms. The van der Waals surface area contributed by atoms with Crippen molar-refractivity contribution in [2.24, 2.45) is 0 Å². The fraction of sp³-hybridized carbons (Fsp3) is 0.397. The molecule has 0 saturated heterocycles. The number of carboxylic acids is 2. The molecule has 9 rings (SSSR count). The van der Waals surface area contributed by atoms with Gasteiger partial charge in [0, 0.05) is 43.8 Å². The Morgan fingerprint density at radius 2 is 0.663 bits per heavy atom. The van der Waals surface area contributed by atoms with Gasteiger partial charge >= 0.3 is 76.8 Å². The van der Waals surface area contributed by atoms with Crippen LogP contribution in [-0.4, -0.2) is 194 Å². The van der Waals surface area contributed by atoms with E-state index in [0.717, 1.165) is 27.2 Å². The molecule has 0 spiro atoms. The van der Waals surface area contributed by atoms with E-state index >= 15 is 0 Å². The number of ether oxygens (including phenoxy) is 15. The van der Waals surface area contributed by atoms with Crippen molar-refractivity contribution < 1.29 is 95.8 Å². The third kappa shape index (κ3) is 33.1. The van der Waals surface area contributed by atoms with Crippen molar-refractivity contribution >= 4 is 130 Å². The van der Waals surface area contributed by atoms with E-state index in [0.29, 0.717) is 179 Å². The average molecular weight is 1760 g/mol. The Kier molecular flexibility index (Phi) is 42.4. The summed E-state index contributed by atoms with van der Waals surface area (Å²) in [5, 5.41) is 25.0. The SMILES string of the molecule is O=C(O)c1ccc(C#Cc2cc3c(C#Cc4ccc(C(=O)O)cc4)cc2OCCOCCOCCOCCOCC2=CS/C(=C4/SC=C(COCCOCCOCCOCCOc5cccc6c(cccc56)OCCOCCOCCOCCO3)S4)S2)cc1.[CH2-]C.[I][V]([I])[I]. The summed E-state index contributed by atoms with van der Waals surface area (Å²) >= 11 is 14.3. The molecule has 95 heavy (non-hydrogen) atoms. The molecule has 19 nitrogen and oxygen atoms in total. The average Bonchev–Trinajstić information content (AvgIpc) is 1.50. The molecular formula is C68H77I3O19S4V-. The molecule has 4 heterocycles. The summed E-state index contributed by atoms with van der Waals surface area (Å²) in [5.41, 5.74) is 2.40. The van der Waals surface area contributed by atoms with Gasteiger partial charge in [0.15, 0.2) is 0 Å². The zero-order valence-electron chi connectivity index (χ0n) is 52.5. The minimum absolute atomic E-state index is 0.138. The van der Waals surface area contributed by atoms with Gasteiger partial charge in [-0.2, -0.15) is 6.92 Å². The van der Waals surface area contributed by atoms with Crippen molar-refractivity contribution in [3.05, 3.63) is 166 Å². The van der Waals surface area contributed by atoms with Crippen LogP contribution in [0, 0.1) is 30.6 Å². The number of hydrogen-bond donors (Lipinski definition) is 2. The van der Waals surface area contributed by atoms with Gasteiger partial charge in [-0.1, -0.05) is 95.0 Å². The molecule has 10 bridgehead atoms. The number of hydrogen-bond acceptors (Lipinski definition) is 21. The van der Waals surface area contributed by atoms with Gasteiger partial charge in [-0.15, -0.1) is 0 Å². The number of thioether (sulfide) groups is 4. The molecule has 5 aromatic rings. The predicted molar refractivity (Wildman–Crippen MR) is 397 cm³/mol. The van der Waals surface area contributed by atoms with Gasteiger partial charge in [-0.05, 0) is 71.5 Å². The Hall–Kier alpha value is -3.43. The molecule has 0 amide bonds. The second-order valence-electron chi connectivity index (χ2n) is 19.1. The molecule has 4 aliphatic rings. The Morgan fingerprint density at radius 3 is 0.958 bits per heavy atom. The summed E-state index contributed by atoms with van der Waals surface area (Å²) < 4.78 is 90.8. The summed E-state index contributed by atoms with van der Waals surface area (Å²) in [6.07, 6.45) is 0. The van der Waals surface area contributed by atoms with Gasteiger partial charge in [0.2, 0.25) is 0 Å². The topological polar surface area (TPSA) is 213 Å². The summed E-state index contributed by atoms with van der Waals surface area (Å²) in [5.74, 6) is 12.7. The fourth-order valence-corrected chi connectivity index (χ4v) is 12.9. The van der Waals surface area contributed by atoms with Crippen LogP contribution in [0.3, 0.4) is 0 Å². The maximum atomic E-state index is 11.5. The van der Waals surface area contributed by atoms with E-state index in [2.05, 4.69) is 101 Å². The van der Waals surface area contributed by atoms with E-state index in [9.17, 15) is 19.8 Å². The second-order valence-corrected chi connectivity index (χ2v) is 59.0. The number of rotatable bonds is 2. The third-order valence-electron chi connectivity index (χ3n) is 12.5. The second kappa shape index (κ2) is 50.0.